The number of fused-ring (bicyclic) bond motifs is 2. The topological polar surface area (TPSA) is 81.5 Å². The standard InChI is InChI=1S/C24H25F2N5O2/c1-33-23-19(25)6-5-18(22(23)26)24(8-9-24)29-12-21(32)30-13-16-3-4-17(14-30)31(16)20-7-2-15(10-27)11-28-20/h2,5-7,11,16-17,29H,3-4,8-9,12-14H2,1H3. The second kappa shape index (κ2) is 8.27. The summed E-state index contributed by atoms with van der Waals surface area (Å²) in [6.07, 6.45) is 4.89. The van der Waals surface area contributed by atoms with Gasteiger partial charge in [0.25, 0.3) is 0 Å². The van der Waals surface area contributed by atoms with Crippen molar-refractivity contribution in [1.82, 2.24) is 15.2 Å². The van der Waals surface area contributed by atoms with E-state index in [2.05, 4.69) is 21.3 Å². The van der Waals surface area contributed by atoms with Gasteiger partial charge in [-0.05, 0) is 43.9 Å². The van der Waals surface area contributed by atoms with Crippen molar-refractivity contribution in [2.24, 2.45) is 0 Å². The predicted octanol–water partition coefficient (Wildman–Crippen LogP) is 2.70. The van der Waals surface area contributed by atoms with Gasteiger partial charge in [-0.3, -0.25) is 10.1 Å². The Hall–Kier alpha value is -3.25. The molecule has 0 spiro atoms. The molecule has 1 N–H and O–H groups in total. The zero-order chi connectivity index (χ0) is 23.2. The van der Waals surface area contributed by atoms with Crippen LogP contribution >= 0.6 is 0 Å². The van der Waals surface area contributed by atoms with Crippen LogP contribution in [0.4, 0.5) is 14.6 Å². The lowest BCUT2D eigenvalue weighted by Gasteiger charge is -2.42. The number of hydrogen-bond acceptors (Lipinski definition) is 6. The van der Waals surface area contributed by atoms with Crippen LogP contribution in [-0.4, -0.2) is 54.6 Å². The summed E-state index contributed by atoms with van der Waals surface area (Å²) >= 11 is 0. The Bertz CT molecular complexity index is 1100. The van der Waals surface area contributed by atoms with E-state index >= 15 is 0 Å². The first-order valence-corrected chi connectivity index (χ1v) is 11.2. The normalized spacial score (nSPS) is 22.7. The molecule has 1 aromatic heterocycles. The number of ether oxygens (including phenoxy) is 1. The van der Waals surface area contributed by atoms with Gasteiger partial charge in [-0.2, -0.15) is 5.26 Å². The minimum atomic E-state index is -0.740. The van der Waals surface area contributed by atoms with E-state index in [9.17, 15) is 13.6 Å². The average molecular weight is 453 g/mol. The number of nitrogens with one attached hydrogen (secondary N) is 1. The van der Waals surface area contributed by atoms with Gasteiger partial charge in [-0.15, -0.1) is 0 Å². The molecule has 3 heterocycles. The van der Waals surface area contributed by atoms with Crippen LogP contribution in [0.1, 0.15) is 36.8 Å². The highest BCUT2D eigenvalue weighted by molar-refractivity contribution is 5.79. The second-order valence-corrected chi connectivity index (χ2v) is 8.99. The molecule has 172 valence electrons. The van der Waals surface area contributed by atoms with Gasteiger partial charge in [0.15, 0.2) is 17.4 Å². The molecule has 3 aliphatic rings. The predicted molar refractivity (Wildman–Crippen MR) is 117 cm³/mol. The van der Waals surface area contributed by atoms with Gasteiger partial charge in [0.2, 0.25) is 5.91 Å². The van der Waals surface area contributed by atoms with Crippen LogP contribution in [0.15, 0.2) is 30.5 Å². The summed E-state index contributed by atoms with van der Waals surface area (Å²) in [4.78, 5) is 21.6. The second-order valence-electron chi connectivity index (χ2n) is 8.99. The number of aromatic nitrogens is 1. The van der Waals surface area contributed by atoms with Gasteiger partial charge in [0.1, 0.15) is 11.9 Å². The summed E-state index contributed by atoms with van der Waals surface area (Å²) in [7, 11) is 1.24. The molecule has 2 aliphatic heterocycles. The molecule has 1 amide bonds. The van der Waals surface area contributed by atoms with Crippen molar-refractivity contribution >= 4 is 11.7 Å². The maximum Gasteiger partial charge on any atom is 0.236 e. The van der Waals surface area contributed by atoms with E-state index in [1.165, 1.54) is 19.2 Å². The fourth-order valence-electron chi connectivity index (χ4n) is 5.20. The van der Waals surface area contributed by atoms with E-state index in [-0.39, 0.29) is 24.5 Å². The van der Waals surface area contributed by atoms with E-state index in [1.54, 1.807) is 12.3 Å². The van der Waals surface area contributed by atoms with Crippen LogP contribution in [0, 0.1) is 23.0 Å². The van der Waals surface area contributed by atoms with Crippen molar-refractivity contribution in [1.29, 1.82) is 5.26 Å². The van der Waals surface area contributed by atoms with E-state index in [0.29, 0.717) is 37.1 Å². The van der Waals surface area contributed by atoms with Crippen molar-refractivity contribution in [3.05, 3.63) is 53.2 Å². The van der Waals surface area contributed by atoms with Gasteiger partial charge < -0.3 is 14.5 Å². The van der Waals surface area contributed by atoms with Crippen molar-refractivity contribution in [2.75, 3.05) is 31.6 Å². The van der Waals surface area contributed by atoms with Gasteiger partial charge in [0, 0.05) is 42.5 Å². The molecule has 5 rings (SSSR count). The first kappa shape index (κ1) is 21.6. The molecule has 7 nitrogen and oxygen atoms in total. The lowest BCUT2D eigenvalue weighted by molar-refractivity contribution is -0.131. The molecule has 3 fully saturated rings. The first-order chi connectivity index (χ1) is 16.0. The Kier molecular flexibility index (Phi) is 5.41. The molecule has 1 aliphatic carbocycles. The number of methoxy groups -OCH3 is 1. The van der Waals surface area contributed by atoms with Crippen molar-refractivity contribution in [2.45, 2.75) is 43.3 Å². The van der Waals surface area contributed by atoms with Crippen LogP contribution < -0.4 is 15.0 Å². The quantitative estimate of drug-likeness (QED) is 0.725. The lowest BCUT2D eigenvalue weighted by Crippen LogP contribution is -2.57. The number of pyridine rings is 1. The largest absolute Gasteiger partial charge is 0.491 e. The summed E-state index contributed by atoms with van der Waals surface area (Å²) in [5.41, 5.74) is 0.203. The van der Waals surface area contributed by atoms with Crippen LogP contribution in [-0.2, 0) is 10.3 Å². The molecule has 0 radical (unpaired) electrons. The maximum atomic E-state index is 14.8. The van der Waals surface area contributed by atoms with Crippen LogP contribution in [0.2, 0.25) is 0 Å². The molecule has 2 aromatic rings. The number of piperazine rings is 1. The smallest absolute Gasteiger partial charge is 0.236 e. The number of carbonyl (C=O) groups excluding carboxylic acids is 1. The molecule has 9 heteroatoms. The minimum absolute atomic E-state index is 0.0277. The number of nitriles is 1. The molecule has 2 saturated heterocycles. The van der Waals surface area contributed by atoms with E-state index in [1.807, 2.05) is 11.0 Å². The summed E-state index contributed by atoms with van der Waals surface area (Å²) in [5.74, 6) is -1.03. The molecule has 2 unspecified atom stereocenters. The van der Waals surface area contributed by atoms with Crippen molar-refractivity contribution in [3.63, 3.8) is 0 Å². The number of nitrogens with zero attached hydrogens (tertiary/aromatic N) is 4. The Morgan fingerprint density at radius 3 is 2.55 bits per heavy atom. The monoisotopic (exact) mass is 453 g/mol. The van der Waals surface area contributed by atoms with Gasteiger partial charge >= 0.3 is 0 Å². The Labute approximate surface area is 191 Å². The summed E-state index contributed by atoms with van der Waals surface area (Å²) in [6.45, 7) is 1.29. The Morgan fingerprint density at radius 2 is 1.97 bits per heavy atom. The third kappa shape index (κ3) is 3.78. The number of amides is 1. The summed E-state index contributed by atoms with van der Waals surface area (Å²) < 4.78 is 33.5. The molecule has 2 bridgehead atoms. The SMILES string of the molecule is COc1c(F)ccc(C2(NCC(=O)N3CC4CCC(C3)N4c3ccc(C#N)cn3)CC2)c1F. The first-order valence-electron chi connectivity index (χ1n) is 11.2. The van der Waals surface area contributed by atoms with Gasteiger partial charge in [-0.25, -0.2) is 13.8 Å². The average Bonchev–Trinajstić information content (AvgIpc) is 3.56. The molecular weight excluding hydrogens is 428 g/mol. The van der Waals surface area contributed by atoms with Gasteiger partial charge in [0.05, 0.1) is 19.2 Å². The number of carbonyl (C=O) groups is 1. The molecule has 1 saturated carbocycles. The summed E-state index contributed by atoms with van der Waals surface area (Å²) in [6, 6.07) is 8.71. The van der Waals surface area contributed by atoms with Crippen molar-refractivity contribution < 1.29 is 18.3 Å². The van der Waals surface area contributed by atoms with Gasteiger partial charge in [-0.1, -0.05) is 6.07 Å². The summed E-state index contributed by atoms with van der Waals surface area (Å²) in [5, 5.41) is 12.2. The minimum Gasteiger partial charge on any atom is -0.491 e. The molecular formula is C24H25F2N5O2. The van der Waals surface area contributed by atoms with Crippen LogP contribution in [0.5, 0.6) is 5.75 Å². The number of halogens is 2. The van der Waals surface area contributed by atoms with E-state index < -0.39 is 22.9 Å². The highest BCUT2D eigenvalue weighted by atomic mass is 19.1. The van der Waals surface area contributed by atoms with Crippen LogP contribution in [0.3, 0.4) is 0 Å². The number of hydrogen-bond donors (Lipinski definition) is 1. The zero-order valence-electron chi connectivity index (χ0n) is 18.4. The van der Waals surface area contributed by atoms with Crippen LogP contribution in [0.25, 0.3) is 0 Å². The lowest BCUT2D eigenvalue weighted by atomic mass is 10.0. The Balaban J connectivity index is 1.24. The van der Waals surface area contributed by atoms with E-state index in [4.69, 9.17) is 10.00 Å². The number of rotatable bonds is 6. The third-order valence-corrected chi connectivity index (χ3v) is 7.07. The zero-order valence-corrected chi connectivity index (χ0v) is 18.4. The fraction of sp³-hybridized carbons (Fsp3) is 0.458. The highest BCUT2D eigenvalue weighted by Crippen LogP contribution is 2.48. The van der Waals surface area contributed by atoms with Crippen molar-refractivity contribution in [3.8, 4) is 11.8 Å². The maximum absolute atomic E-state index is 14.8. The highest BCUT2D eigenvalue weighted by Gasteiger charge is 2.48. The molecule has 2 atom stereocenters. The number of likely N-dealkylation sites (tertiary alicyclic amines) is 1. The molecule has 33 heavy (non-hydrogen) atoms. The fourth-order valence-corrected chi connectivity index (χ4v) is 5.20. The number of benzene rings is 1. The molecule has 1 aromatic carbocycles. The number of anilines is 1. The Morgan fingerprint density at radius 1 is 1.24 bits per heavy atom. The van der Waals surface area contributed by atoms with E-state index in [0.717, 1.165) is 18.7 Å². The third-order valence-electron chi connectivity index (χ3n) is 7.07.